The van der Waals surface area contributed by atoms with Gasteiger partial charge in [-0.15, -0.1) is 0 Å². The van der Waals surface area contributed by atoms with Gasteiger partial charge >= 0.3 is 12.4 Å². The van der Waals surface area contributed by atoms with Crippen LogP contribution in [0.2, 0.25) is 0 Å². The first-order valence-corrected chi connectivity index (χ1v) is 4.74. The average molecular weight is 277 g/mol. The summed E-state index contributed by atoms with van der Waals surface area (Å²) in [5.41, 5.74) is 5.19. The van der Waals surface area contributed by atoms with Gasteiger partial charge in [0, 0.05) is 12.5 Å². The fourth-order valence-corrected chi connectivity index (χ4v) is 1.14. The normalized spacial score (nSPS) is 15.2. The molecule has 0 spiro atoms. The van der Waals surface area contributed by atoms with Crippen LogP contribution in [0.25, 0.3) is 0 Å². The highest BCUT2D eigenvalue weighted by molar-refractivity contribution is 5.03. The van der Waals surface area contributed by atoms with Crippen molar-refractivity contribution in [2.45, 2.75) is 31.1 Å². The fourth-order valence-electron chi connectivity index (χ4n) is 1.14. The average Bonchev–Trinajstić information content (AvgIpc) is 2.60. The molecule has 0 amide bonds. The standard InChI is InChI=1S/C8H9F6N3O/c1-3(2-15)5-16-6(18-17-5)4(7(9,10)11)8(12,13)14/h3-4H,2,15H2,1H3. The van der Waals surface area contributed by atoms with Crippen molar-refractivity contribution in [3.8, 4) is 0 Å². The molecule has 1 unspecified atom stereocenters. The minimum Gasteiger partial charge on any atom is -0.338 e. The van der Waals surface area contributed by atoms with Crippen molar-refractivity contribution < 1.29 is 30.9 Å². The Kier molecular flexibility index (Phi) is 3.89. The van der Waals surface area contributed by atoms with E-state index in [9.17, 15) is 26.3 Å². The van der Waals surface area contributed by atoms with Crippen molar-refractivity contribution >= 4 is 0 Å². The van der Waals surface area contributed by atoms with Crippen LogP contribution in [0.4, 0.5) is 26.3 Å². The molecular weight excluding hydrogens is 268 g/mol. The Balaban J connectivity index is 3.12. The van der Waals surface area contributed by atoms with Crippen LogP contribution in [-0.4, -0.2) is 29.0 Å². The molecule has 0 fully saturated rings. The van der Waals surface area contributed by atoms with E-state index in [1.165, 1.54) is 6.92 Å². The zero-order valence-corrected chi connectivity index (χ0v) is 9.01. The van der Waals surface area contributed by atoms with Crippen molar-refractivity contribution in [3.63, 3.8) is 0 Å². The molecule has 2 N–H and O–H groups in total. The summed E-state index contributed by atoms with van der Waals surface area (Å²) in [5, 5.41) is 3.07. The number of alkyl halides is 6. The van der Waals surface area contributed by atoms with E-state index in [1.807, 2.05) is 0 Å². The number of hydrogen-bond donors (Lipinski definition) is 1. The first-order valence-electron chi connectivity index (χ1n) is 4.74. The minimum absolute atomic E-state index is 0.0261. The lowest BCUT2D eigenvalue weighted by Crippen LogP contribution is -2.34. The maximum absolute atomic E-state index is 12.3. The van der Waals surface area contributed by atoms with Gasteiger partial charge in [0.05, 0.1) is 0 Å². The summed E-state index contributed by atoms with van der Waals surface area (Å²) < 4.78 is 78.0. The van der Waals surface area contributed by atoms with Gasteiger partial charge in [-0.1, -0.05) is 12.1 Å². The lowest BCUT2D eigenvalue weighted by molar-refractivity contribution is -0.259. The smallest absolute Gasteiger partial charge is 0.338 e. The second-order valence-corrected chi connectivity index (χ2v) is 3.64. The highest BCUT2D eigenvalue weighted by Crippen LogP contribution is 2.45. The third-order valence-corrected chi connectivity index (χ3v) is 2.15. The zero-order valence-electron chi connectivity index (χ0n) is 9.01. The molecule has 1 atom stereocenters. The molecule has 0 aromatic carbocycles. The molecule has 10 heteroatoms. The van der Waals surface area contributed by atoms with Crippen molar-refractivity contribution in [3.05, 3.63) is 11.7 Å². The van der Waals surface area contributed by atoms with Gasteiger partial charge in [-0.3, -0.25) is 0 Å². The van der Waals surface area contributed by atoms with E-state index in [4.69, 9.17) is 5.73 Å². The summed E-state index contributed by atoms with van der Waals surface area (Å²) in [5.74, 6) is -6.18. The van der Waals surface area contributed by atoms with Crippen LogP contribution in [-0.2, 0) is 0 Å². The molecule has 0 aliphatic rings. The number of hydrogen-bond acceptors (Lipinski definition) is 4. The lowest BCUT2D eigenvalue weighted by atomic mass is 10.1. The Morgan fingerprint density at radius 1 is 1.17 bits per heavy atom. The minimum atomic E-state index is -5.55. The van der Waals surface area contributed by atoms with Crippen molar-refractivity contribution in [2.24, 2.45) is 5.73 Å². The van der Waals surface area contributed by atoms with Gasteiger partial charge < -0.3 is 10.3 Å². The molecule has 1 heterocycles. The Morgan fingerprint density at radius 3 is 2.06 bits per heavy atom. The van der Waals surface area contributed by atoms with Crippen molar-refractivity contribution in [1.29, 1.82) is 0 Å². The SMILES string of the molecule is CC(CN)c1noc(C(C(F)(F)F)C(F)(F)F)n1. The Morgan fingerprint density at radius 2 is 1.67 bits per heavy atom. The monoisotopic (exact) mass is 277 g/mol. The van der Waals surface area contributed by atoms with Crippen LogP contribution in [0.3, 0.4) is 0 Å². The third kappa shape index (κ3) is 3.12. The Hall–Kier alpha value is -1.32. The van der Waals surface area contributed by atoms with E-state index in [0.717, 1.165) is 0 Å². The van der Waals surface area contributed by atoms with Gasteiger partial charge in [0.15, 0.2) is 5.82 Å². The molecule has 0 bridgehead atoms. The molecule has 1 aromatic rings. The van der Waals surface area contributed by atoms with E-state index in [0.29, 0.717) is 0 Å². The van der Waals surface area contributed by atoms with Crippen molar-refractivity contribution in [2.75, 3.05) is 6.54 Å². The Labute approximate surface area is 97.1 Å². The van der Waals surface area contributed by atoms with E-state index in [1.54, 1.807) is 0 Å². The first kappa shape index (κ1) is 14.7. The number of nitrogens with zero attached hydrogens (tertiary/aromatic N) is 2. The number of rotatable bonds is 3. The van der Waals surface area contributed by atoms with E-state index >= 15 is 0 Å². The summed E-state index contributed by atoms with van der Waals surface area (Å²) in [7, 11) is 0. The van der Waals surface area contributed by atoms with E-state index in [-0.39, 0.29) is 12.4 Å². The summed E-state index contributed by atoms with van der Waals surface area (Å²) >= 11 is 0. The molecule has 0 saturated heterocycles. The molecule has 1 aromatic heterocycles. The predicted octanol–water partition coefficient (Wildman–Crippen LogP) is 2.34. The van der Waals surface area contributed by atoms with Gasteiger partial charge in [-0.25, -0.2) is 0 Å². The molecule has 18 heavy (non-hydrogen) atoms. The van der Waals surface area contributed by atoms with Gasteiger partial charge in [0.25, 0.3) is 0 Å². The van der Waals surface area contributed by atoms with Crippen LogP contribution in [0, 0.1) is 0 Å². The quantitative estimate of drug-likeness (QED) is 0.861. The topological polar surface area (TPSA) is 64.9 Å². The maximum atomic E-state index is 12.3. The Bertz CT molecular complexity index is 384. The molecule has 104 valence electrons. The molecule has 4 nitrogen and oxygen atoms in total. The van der Waals surface area contributed by atoms with Crippen LogP contribution in [0.1, 0.15) is 30.5 Å². The molecule has 0 saturated carbocycles. The van der Waals surface area contributed by atoms with E-state index in [2.05, 4.69) is 14.7 Å². The summed E-state index contributed by atoms with van der Waals surface area (Å²) in [6.45, 7) is 1.42. The second kappa shape index (κ2) is 4.75. The van der Waals surface area contributed by atoms with Gasteiger partial charge in [-0.2, -0.15) is 31.3 Å². The lowest BCUT2D eigenvalue weighted by Gasteiger charge is -2.19. The molecular formula is C8H9F6N3O. The summed E-state index contributed by atoms with van der Waals surface area (Å²) in [4.78, 5) is 3.12. The largest absolute Gasteiger partial charge is 0.409 e. The highest BCUT2D eigenvalue weighted by Gasteiger charge is 2.60. The van der Waals surface area contributed by atoms with E-state index < -0.39 is 30.1 Å². The zero-order chi connectivity index (χ0) is 14.1. The fraction of sp³-hybridized carbons (Fsp3) is 0.750. The van der Waals surface area contributed by atoms with Crippen LogP contribution in [0.15, 0.2) is 4.52 Å². The van der Waals surface area contributed by atoms with Crippen molar-refractivity contribution in [1.82, 2.24) is 10.1 Å². The molecule has 0 radical (unpaired) electrons. The predicted molar refractivity (Wildman–Crippen MR) is 46.6 cm³/mol. The van der Waals surface area contributed by atoms with Gasteiger partial charge in [0.2, 0.25) is 11.8 Å². The van der Waals surface area contributed by atoms with Crippen LogP contribution in [0.5, 0.6) is 0 Å². The van der Waals surface area contributed by atoms with Crippen LogP contribution >= 0.6 is 0 Å². The number of nitrogens with two attached hydrogens (primary N) is 1. The summed E-state index contributed by atoms with van der Waals surface area (Å²) in [6.07, 6.45) is -11.1. The van der Waals surface area contributed by atoms with Gasteiger partial charge in [-0.05, 0) is 0 Å². The molecule has 0 aliphatic carbocycles. The summed E-state index contributed by atoms with van der Waals surface area (Å²) in [6, 6.07) is 0. The number of halogens is 6. The highest BCUT2D eigenvalue weighted by atomic mass is 19.4. The number of aromatic nitrogens is 2. The maximum Gasteiger partial charge on any atom is 0.409 e. The first-order chi connectivity index (χ1) is 8.07. The third-order valence-electron chi connectivity index (χ3n) is 2.15. The second-order valence-electron chi connectivity index (χ2n) is 3.64. The molecule has 0 aliphatic heterocycles. The van der Waals surface area contributed by atoms with Crippen LogP contribution < -0.4 is 5.73 Å². The van der Waals surface area contributed by atoms with Gasteiger partial charge in [0.1, 0.15) is 0 Å². The molecule has 1 rings (SSSR count).